The van der Waals surface area contributed by atoms with Crippen LogP contribution in [-0.4, -0.2) is 31.9 Å². The number of rotatable bonds is 2. The van der Waals surface area contributed by atoms with Crippen LogP contribution in [0.5, 0.6) is 0 Å². The van der Waals surface area contributed by atoms with Gasteiger partial charge in [0.15, 0.2) is 10.3 Å². The standard InChI is InChI=1S/C16H16BrN5O2/c17-14-5-4-13(24-14)12-3-1-2-6-21(12)16(23)10-7-11(18)15-19-9-20-22(15)8-10/h4-5,7-9,12H,1-3,6,18H2. The van der Waals surface area contributed by atoms with Crippen LogP contribution < -0.4 is 5.73 Å². The molecule has 4 rings (SSSR count). The Hall–Kier alpha value is -2.35. The van der Waals surface area contributed by atoms with Gasteiger partial charge in [-0.05, 0) is 53.4 Å². The largest absolute Gasteiger partial charge is 0.452 e. The molecule has 0 spiro atoms. The van der Waals surface area contributed by atoms with Gasteiger partial charge in [-0.2, -0.15) is 5.10 Å². The molecule has 8 heteroatoms. The van der Waals surface area contributed by atoms with Crippen molar-refractivity contribution < 1.29 is 9.21 Å². The third kappa shape index (κ3) is 2.56. The van der Waals surface area contributed by atoms with Crippen LogP contribution >= 0.6 is 15.9 Å². The second-order valence-electron chi connectivity index (χ2n) is 5.86. The van der Waals surface area contributed by atoms with Crippen molar-refractivity contribution >= 4 is 33.2 Å². The Balaban J connectivity index is 1.70. The van der Waals surface area contributed by atoms with E-state index in [9.17, 15) is 4.79 Å². The second kappa shape index (κ2) is 5.94. The topological polar surface area (TPSA) is 89.7 Å². The highest BCUT2D eigenvalue weighted by atomic mass is 79.9. The minimum atomic E-state index is -0.0728. The number of anilines is 1. The Morgan fingerprint density at radius 1 is 1.38 bits per heavy atom. The fourth-order valence-corrected chi connectivity index (χ4v) is 3.53. The fourth-order valence-electron chi connectivity index (χ4n) is 3.21. The van der Waals surface area contributed by atoms with E-state index in [0.29, 0.717) is 28.1 Å². The van der Waals surface area contributed by atoms with E-state index in [-0.39, 0.29) is 11.9 Å². The van der Waals surface area contributed by atoms with Crippen LogP contribution in [0.2, 0.25) is 0 Å². The van der Waals surface area contributed by atoms with Crippen LogP contribution in [0.25, 0.3) is 5.65 Å². The summed E-state index contributed by atoms with van der Waals surface area (Å²) in [5.41, 5.74) is 7.49. The lowest BCUT2D eigenvalue weighted by Gasteiger charge is -2.34. The van der Waals surface area contributed by atoms with Crippen molar-refractivity contribution in [1.29, 1.82) is 0 Å². The molecule has 1 fully saturated rings. The highest BCUT2D eigenvalue weighted by molar-refractivity contribution is 9.10. The van der Waals surface area contributed by atoms with Crippen molar-refractivity contribution in [3.8, 4) is 0 Å². The van der Waals surface area contributed by atoms with Crippen molar-refractivity contribution in [1.82, 2.24) is 19.5 Å². The predicted molar refractivity (Wildman–Crippen MR) is 91.4 cm³/mol. The quantitative estimate of drug-likeness (QED) is 0.727. The van der Waals surface area contributed by atoms with Gasteiger partial charge in [0.2, 0.25) is 0 Å². The summed E-state index contributed by atoms with van der Waals surface area (Å²) in [6, 6.07) is 5.36. The van der Waals surface area contributed by atoms with Crippen molar-refractivity contribution in [2.75, 3.05) is 12.3 Å². The summed E-state index contributed by atoms with van der Waals surface area (Å²) in [4.78, 5) is 19.0. The van der Waals surface area contributed by atoms with E-state index in [2.05, 4.69) is 26.0 Å². The number of hydrogen-bond donors (Lipinski definition) is 1. The van der Waals surface area contributed by atoms with E-state index in [1.165, 1.54) is 10.8 Å². The van der Waals surface area contributed by atoms with Gasteiger partial charge < -0.3 is 15.1 Å². The molecule has 0 saturated carbocycles. The average Bonchev–Trinajstić information content (AvgIpc) is 3.23. The van der Waals surface area contributed by atoms with Crippen molar-refractivity contribution in [3.63, 3.8) is 0 Å². The van der Waals surface area contributed by atoms with Crippen LogP contribution in [0, 0.1) is 0 Å². The molecule has 1 amide bonds. The Labute approximate surface area is 146 Å². The number of furan rings is 1. The smallest absolute Gasteiger partial charge is 0.256 e. The first-order valence-electron chi connectivity index (χ1n) is 7.78. The summed E-state index contributed by atoms with van der Waals surface area (Å²) < 4.78 is 7.89. The summed E-state index contributed by atoms with van der Waals surface area (Å²) >= 11 is 3.33. The van der Waals surface area contributed by atoms with E-state index in [4.69, 9.17) is 10.2 Å². The fraction of sp³-hybridized carbons (Fsp3) is 0.312. The van der Waals surface area contributed by atoms with Crippen LogP contribution in [0.15, 0.2) is 39.8 Å². The van der Waals surface area contributed by atoms with E-state index in [1.807, 2.05) is 17.0 Å². The second-order valence-corrected chi connectivity index (χ2v) is 6.65. The first-order valence-corrected chi connectivity index (χ1v) is 8.58. The molecule has 3 aromatic heterocycles. The normalized spacial score (nSPS) is 18.2. The molecule has 2 N–H and O–H groups in total. The Kier molecular flexibility index (Phi) is 3.76. The summed E-state index contributed by atoms with van der Waals surface area (Å²) in [6.45, 7) is 0.692. The van der Waals surface area contributed by atoms with Gasteiger partial charge in [0.25, 0.3) is 5.91 Å². The number of nitrogen functional groups attached to an aromatic ring is 1. The molecule has 1 atom stereocenters. The summed E-state index contributed by atoms with van der Waals surface area (Å²) in [6.07, 6.45) is 6.02. The van der Waals surface area contributed by atoms with Gasteiger partial charge >= 0.3 is 0 Å². The molecule has 3 aromatic rings. The predicted octanol–water partition coefficient (Wildman–Crippen LogP) is 3.03. The van der Waals surface area contributed by atoms with Crippen LogP contribution in [0.1, 0.15) is 41.4 Å². The molecule has 0 radical (unpaired) electrons. The number of carbonyl (C=O) groups is 1. The lowest BCUT2D eigenvalue weighted by molar-refractivity contribution is 0.0578. The molecule has 4 heterocycles. The molecule has 1 aliphatic heterocycles. The van der Waals surface area contributed by atoms with Crippen LogP contribution in [-0.2, 0) is 0 Å². The molecule has 1 unspecified atom stereocenters. The van der Waals surface area contributed by atoms with Gasteiger partial charge in [-0.15, -0.1) is 0 Å². The number of aromatic nitrogens is 3. The molecule has 1 saturated heterocycles. The average molecular weight is 390 g/mol. The highest BCUT2D eigenvalue weighted by Crippen LogP contribution is 2.34. The van der Waals surface area contributed by atoms with Crippen LogP contribution in [0.4, 0.5) is 5.69 Å². The molecule has 7 nitrogen and oxygen atoms in total. The number of fused-ring (bicyclic) bond motifs is 1. The third-order valence-corrected chi connectivity index (χ3v) is 4.76. The summed E-state index contributed by atoms with van der Waals surface area (Å²) in [7, 11) is 0. The van der Waals surface area contributed by atoms with E-state index in [1.54, 1.807) is 12.3 Å². The zero-order valence-corrected chi connectivity index (χ0v) is 14.4. The summed E-state index contributed by atoms with van der Waals surface area (Å²) in [5, 5.41) is 4.08. The van der Waals surface area contributed by atoms with Gasteiger partial charge in [0, 0.05) is 12.7 Å². The lowest BCUT2D eigenvalue weighted by Crippen LogP contribution is -2.38. The van der Waals surface area contributed by atoms with E-state index < -0.39 is 0 Å². The van der Waals surface area contributed by atoms with Crippen molar-refractivity contribution in [2.45, 2.75) is 25.3 Å². The molecule has 0 aromatic carbocycles. The van der Waals surface area contributed by atoms with Crippen molar-refractivity contribution in [2.24, 2.45) is 0 Å². The Morgan fingerprint density at radius 2 is 2.25 bits per heavy atom. The maximum atomic E-state index is 13.1. The number of piperidine rings is 1. The number of pyridine rings is 1. The summed E-state index contributed by atoms with van der Waals surface area (Å²) in [5.74, 6) is 0.723. The first kappa shape index (κ1) is 15.2. The van der Waals surface area contributed by atoms with E-state index in [0.717, 1.165) is 25.0 Å². The Morgan fingerprint density at radius 3 is 3.04 bits per heavy atom. The van der Waals surface area contributed by atoms with Gasteiger partial charge in [-0.25, -0.2) is 9.50 Å². The molecule has 0 bridgehead atoms. The zero-order valence-electron chi connectivity index (χ0n) is 12.9. The molecular formula is C16H16BrN5O2. The molecular weight excluding hydrogens is 374 g/mol. The number of amides is 1. The SMILES string of the molecule is Nc1cc(C(=O)N2CCCCC2c2ccc(Br)o2)cn2ncnc12. The minimum absolute atomic E-state index is 0.0646. The molecule has 1 aliphatic rings. The molecule has 0 aliphatic carbocycles. The number of hydrogen-bond acceptors (Lipinski definition) is 5. The number of nitrogens with two attached hydrogens (primary N) is 1. The lowest BCUT2D eigenvalue weighted by atomic mass is 9.99. The minimum Gasteiger partial charge on any atom is -0.452 e. The number of carbonyl (C=O) groups excluding carboxylic acids is 1. The number of halogens is 1. The first-order chi connectivity index (χ1) is 11.6. The monoisotopic (exact) mass is 389 g/mol. The van der Waals surface area contributed by atoms with Gasteiger partial charge in [-0.1, -0.05) is 0 Å². The third-order valence-electron chi connectivity index (χ3n) is 4.34. The Bertz CT molecular complexity index is 903. The zero-order chi connectivity index (χ0) is 16.7. The molecule has 24 heavy (non-hydrogen) atoms. The maximum absolute atomic E-state index is 13.1. The van der Waals surface area contributed by atoms with Gasteiger partial charge in [0.1, 0.15) is 12.1 Å². The maximum Gasteiger partial charge on any atom is 0.256 e. The molecule has 124 valence electrons. The number of nitrogens with zero attached hydrogens (tertiary/aromatic N) is 4. The van der Waals surface area contributed by atoms with Crippen molar-refractivity contribution in [3.05, 3.63) is 46.7 Å². The number of likely N-dealkylation sites (tertiary alicyclic amines) is 1. The van der Waals surface area contributed by atoms with Gasteiger partial charge in [0.05, 0.1) is 17.3 Å². The van der Waals surface area contributed by atoms with Gasteiger partial charge in [-0.3, -0.25) is 4.79 Å². The van der Waals surface area contributed by atoms with E-state index >= 15 is 0 Å². The highest BCUT2D eigenvalue weighted by Gasteiger charge is 2.31. The van der Waals surface area contributed by atoms with Crippen LogP contribution in [0.3, 0.4) is 0 Å².